The summed E-state index contributed by atoms with van der Waals surface area (Å²) in [7, 11) is 0. The molecule has 1 heterocycles. The Bertz CT molecular complexity index is 377. The van der Waals surface area contributed by atoms with Gasteiger partial charge < -0.3 is 5.32 Å². The second-order valence-electron chi connectivity index (χ2n) is 4.14. The van der Waals surface area contributed by atoms with Crippen LogP contribution in [0.3, 0.4) is 0 Å². The van der Waals surface area contributed by atoms with E-state index in [4.69, 9.17) is 5.26 Å². The van der Waals surface area contributed by atoms with Crippen molar-refractivity contribution in [2.75, 3.05) is 5.32 Å². The van der Waals surface area contributed by atoms with E-state index >= 15 is 0 Å². The Morgan fingerprint density at radius 3 is 2.53 bits per heavy atom. The minimum atomic E-state index is 0.311. The number of nitrogens with one attached hydrogen (secondary N) is 1. The van der Waals surface area contributed by atoms with E-state index in [1.54, 1.807) is 6.07 Å². The molecule has 0 spiro atoms. The SMILES string of the molecule is Cc1ccc(C#N)c(NC(C)C(C)C)n1. The summed E-state index contributed by atoms with van der Waals surface area (Å²) < 4.78 is 0. The van der Waals surface area contributed by atoms with Crippen molar-refractivity contribution in [2.45, 2.75) is 33.7 Å². The number of aryl methyl sites for hydroxylation is 1. The van der Waals surface area contributed by atoms with Gasteiger partial charge in [-0.3, -0.25) is 0 Å². The summed E-state index contributed by atoms with van der Waals surface area (Å²) in [6.45, 7) is 8.29. The van der Waals surface area contributed by atoms with Crippen LogP contribution in [0.25, 0.3) is 0 Å². The topological polar surface area (TPSA) is 48.7 Å². The van der Waals surface area contributed by atoms with Crippen LogP contribution in [0.2, 0.25) is 0 Å². The maximum atomic E-state index is 8.93. The summed E-state index contributed by atoms with van der Waals surface area (Å²) in [4.78, 5) is 4.33. The lowest BCUT2D eigenvalue weighted by Gasteiger charge is -2.18. The highest BCUT2D eigenvalue weighted by Crippen LogP contribution is 2.15. The number of hydrogen-bond donors (Lipinski definition) is 1. The zero-order chi connectivity index (χ0) is 11.4. The summed E-state index contributed by atoms with van der Waals surface area (Å²) >= 11 is 0. The van der Waals surface area contributed by atoms with Gasteiger partial charge in [-0.2, -0.15) is 5.26 Å². The first-order valence-electron chi connectivity index (χ1n) is 5.19. The number of pyridine rings is 1. The Hall–Kier alpha value is -1.56. The van der Waals surface area contributed by atoms with Crippen molar-refractivity contribution in [2.24, 2.45) is 5.92 Å². The highest BCUT2D eigenvalue weighted by Gasteiger charge is 2.10. The van der Waals surface area contributed by atoms with Crippen LogP contribution in [-0.2, 0) is 0 Å². The molecule has 1 N–H and O–H groups in total. The lowest BCUT2D eigenvalue weighted by atomic mass is 10.1. The molecule has 0 saturated carbocycles. The van der Waals surface area contributed by atoms with Crippen LogP contribution in [0, 0.1) is 24.2 Å². The number of rotatable bonds is 3. The van der Waals surface area contributed by atoms with Gasteiger partial charge in [-0.25, -0.2) is 4.98 Å². The van der Waals surface area contributed by atoms with Gasteiger partial charge in [-0.05, 0) is 31.9 Å². The van der Waals surface area contributed by atoms with Gasteiger partial charge in [0.25, 0.3) is 0 Å². The number of anilines is 1. The first-order valence-corrected chi connectivity index (χ1v) is 5.19. The predicted molar refractivity (Wildman–Crippen MR) is 61.6 cm³/mol. The second kappa shape index (κ2) is 4.79. The van der Waals surface area contributed by atoms with Gasteiger partial charge in [0.05, 0.1) is 5.56 Å². The molecule has 0 fully saturated rings. The molecule has 0 aliphatic rings. The quantitative estimate of drug-likeness (QED) is 0.821. The number of nitriles is 1. The summed E-state index contributed by atoms with van der Waals surface area (Å²) in [6.07, 6.45) is 0. The van der Waals surface area contributed by atoms with E-state index in [9.17, 15) is 0 Å². The van der Waals surface area contributed by atoms with Gasteiger partial charge >= 0.3 is 0 Å². The third-order valence-corrected chi connectivity index (χ3v) is 2.52. The summed E-state index contributed by atoms with van der Waals surface area (Å²) in [5, 5.41) is 12.2. The molecule has 1 aromatic heterocycles. The Balaban J connectivity index is 2.93. The van der Waals surface area contributed by atoms with Gasteiger partial charge in [-0.15, -0.1) is 0 Å². The lowest BCUT2D eigenvalue weighted by Crippen LogP contribution is -2.22. The zero-order valence-electron chi connectivity index (χ0n) is 9.70. The molecule has 1 aromatic rings. The Kier molecular flexibility index (Phi) is 3.68. The molecule has 15 heavy (non-hydrogen) atoms. The van der Waals surface area contributed by atoms with Crippen molar-refractivity contribution in [1.82, 2.24) is 4.98 Å². The minimum absolute atomic E-state index is 0.311. The molecular formula is C12H17N3. The highest BCUT2D eigenvalue weighted by molar-refractivity contribution is 5.52. The summed E-state index contributed by atoms with van der Waals surface area (Å²) in [6, 6.07) is 6.11. The minimum Gasteiger partial charge on any atom is -0.366 e. The molecule has 0 amide bonds. The first kappa shape index (κ1) is 11.5. The molecule has 1 rings (SSSR count). The Labute approximate surface area is 91.1 Å². The van der Waals surface area contributed by atoms with Crippen LogP contribution < -0.4 is 5.32 Å². The maximum absolute atomic E-state index is 8.93. The van der Waals surface area contributed by atoms with Crippen molar-refractivity contribution >= 4 is 5.82 Å². The molecule has 1 atom stereocenters. The molecule has 0 saturated heterocycles. The molecule has 80 valence electrons. The van der Waals surface area contributed by atoms with Gasteiger partial charge in [0.15, 0.2) is 0 Å². The van der Waals surface area contributed by atoms with Crippen LogP contribution in [0.4, 0.5) is 5.82 Å². The zero-order valence-corrected chi connectivity index (χ0v) is 9.70. The van der Waals surface area contributed by atoms with E-state index in [0.29, 0.717) is 23.3 Å². The van der Waals surface area contributed by atoms with Crippen molar-refractivity contribution < 1.29 is 0 Å². The fourth-order valence-corrected chi connectivity index (χ4v) is 1.14. The normalized spacial score (nSPS) is 12.3. The fourth-order valence-electron chi connectivity index (χ4n) is 1.14. The largest absolute Gasteiger partial charge is 0.366 e. The van der Waals surface area contributed by atoms with Gasteiger partial charge in [0, 0.05) is 11.7 Å². The van der Waals surface area contributed by atoms with Gasteiger partial charge in [0.1, 0.15) is 11.9 Å². The molecule has 0 aliphatic carbocycles. The monoisotopic (exact) mass is 203 g/mol. The number of hydrogen-bond acceptors (Lipinski definition) is 3. The molecule has 0 radical (unpaired) electrons. The Morgan fingerprint density at radius 1 is 1.33 bits per heavy atom. The van der Waals surface area contributed by atoms with E-state index in [0.717, 1.165) is 5.69 Å². The van der Waals surface area contributed by atoms with E-state index in [1.165, 1.54) is 0 Å². The second-order valence-corrected chi connectivity index (χ2v) is 4.14. The lowest BCUT2D eigenvalue weighted by molar-refractivity contribution is 0.558. The first-order chi connectivity index (χ1) is 7.04. The van der Waals surface area contributed by atoms with Crippen LogP contribution in [0.5, 0.6) is 0 Å². The van der Waals surface area contributed by atoms with Crippen LogP contribution in [-0.4, -0.2) is 11.0 Å². The smallest absolute Gasteiger partial charge is 0.144 e. The molecular weight excluding hydrogens is 186 g/mol. The van der Waals surface area contributed by atoms with E-state index < -0.39 is 0 Å². The van der Waals surface area contributed by atoms with Gasteiger partial charge in [0.2, 0.25) is 0 Å². The maximum Gasteiger partial charge on any atom is 0.144 e. The van der Waals surface area contributed by atoms with Crippen LogP contribution >= 0.6 is 0 Å². The molecule has 0 aromatic carbocycles. The van der Waals surface area contributed by atoms with Crippen molar-refractivity contribution in [3.63, 3.8) is 0 Å². The van der Waals surface area contributed by atoms with Gasteiger partial charge in [-0.1, -0.05) is 13.8 Å². The van der Waals surface area contributed by atoms with Crippen molar-refractivity contribution in [1.29, 1.82) is 5.26 Å². The standard InChI is InChI=1S/C12H17N3/c1-8(2)10(4)15-12-11(7-13)6-5-9(3)14-12/h5-6,8,10H,1-4H3,(H,14,15). The van der Waals surface area contributed by atoms with E-state index in [2.05, 4.69) is 37.1 Å². The fraction of sp³-hybridized carbons (Fsp3) is 0.500. The summed E-state index contributed by atoms with van der Waals surface area (Å²) in [5.74, 6) is 1.21. The third-order valence-electron chi connectivity index (χ3n) is 2.52. The number of aromatic nitrogens is 1. The average molecular weight is 203 g/mol. The van der Waals surface area contributed by atoms with Crippen molar-refractivity contribution in [3.05, 3.63) is 23.4 Å². The van der Waals surface area contributed by atoms with E-state index in [-0.39, 0.29) is 0 Å². The molecule has 3 heteroatoms. The molecule has 3 nitrogen and oxygen atoms in total. The van der Waals surface area contributed by atoms with Crippen LogP contribution in [0.1, 0.15) is 32.0 Å². The summed E-state index contributed by atoms with van der Waals surface area (Å²) in [5.41, 5.74) is 1.53. The predicted octanol–water partition coefficient (Wildman–Crippen LogP) is 2.72. The van der Waals surface area contributed by atoms with Crippen molar-refractivity contribution in [3.8, 4) is 6.07 Å². The number of nitrogens with zero attached hydrogens (tertiary/aromatic N) is 2. The molecule has 0 bridgehead atoms. The average Bonchev–Trinajstić information content (AvgIpc) is 2.18. The molecule has 1 unspecified atom stereocenters. The highest BCUT2D eigenvalue weighted by atomic mass is 15.0. The van der Waals surface area contributed by atoms with E-state index in [1.807, 2.05) is 13.0 Å². The third kappa shape index (κ3) is 2.95. The molecule has 0 aliphatic heterocycles. The Morgan fingerprint density at radius 2 is 2.00 bits per heavy atom. The van der Waals surface area contributed by atoms with Crippen LogP contribution in [0.15, 0.2) is 12.1 Å².